The van der Waals surface area contributed by atoms with E-state index >= 15 is 0 Å². The van der Waals surface area contributed by atoms with Crippen LogP contribution in [0.4, 0.5) is 0 Å². The number of allylic oxidation sites excluding steroid dienone is 14. The van der Waals surface area contributed by atoms with Gasteiger partial charge in [-0.05, 0) is 89.9 Å². The molecule has 0 fully saturated rings. The van der Waals surface area contributed by atoms with Crippen molar-refractivity contribution >= 4 is 17.9 Å². The summed E-state index contributed by atoms with van der Waals surface area (Å²) in [6.45, 7) is 6.42. The molecule has 0 aliphatic heterocycles. The van der Waals surface area contributed by atoms with Crippen LogP contribution in [0.2, 0.25) is 0 Å². The highest BCUT2D eigenvalue weighted by Gasteiger charge is 2.19. The predicted octanol–water partition coefficient (Wildman–Crippen LogP) is 16.4. The van der Waals surface area contributed by atoms with Crippen molar-refractivity contribution in [3.8, 4) is 0 Å². The van der Waals surface area contributed by atoms with Crippen molar-refractivity contribution in [2.45, 2.75) is 232 Å². The molecule has 0 saturated heterocycles. The molecule has 0 aromatic carbocycles. The lowest BCUT2D eigenvalue weighted by Gasteiger charge is -2.18. The van der Waals surface area contributed by atoms with E-state index in [0.717, 1.165) is 77.0 Å². The Morgan fingerprint density at radius 3 is 1.10 bits per heavy atom. The maximum absolute atomic E-state index is 12.8. The molecule has 0 aliphatic rings. The molecule has 0 rings (SSSR count). The average molecular weight is 849 g/mol. The number of carbonyl (C=O) groups excluding carboxylic acids is 3. The lowest BCUT2D eigenvalue weighted by atomic mass is 10.1. The minimum Gasteiger partial charge on any atom is -0.462 e. The highest BCUT2D eigenvalue weighted by molar-refractivity contribution is 5.71. The summed E-state index contributed by atoms with van der Waals surface area (Å²) in [5.74, 6) is -1.01. The Kier molecular flexibility index (Phi) is 46.5. The van der Waals surface area contributed by atoms with E-state index in [-0.39, 0.29) is 44.0 Å². The molecule has 0 spiro atoms. The third kappa shape index (κ3) is 47.5. The topological polar surface area (TPSA) is 78.9 Å². The molecule has 0 aromatic heterocycles. The summed E-state index contributed by atoms with van der Waals surface area (Å²) in [4.78, 5) is 37.9. The van der Waals surface area contributed by atoms with Gasteiger partial charge in [-0.25, -0.2) is 0 Å². The molecule has 348 valence electrons. The second-order valence-electron chi connectivity index (χ2n) is 16.3. The second kappa shape index (κ2) is 49.2. The highest BCUT2D eigenvalue weighted by atomic mass is 16.6. The number of rotatable bonds is 44. The quantitative estimate of drug-likeness (QED) is 0.0263. The Hall–Kier alpha value is -3.41. The normalized spacial score (nSPS) is 12.8. The third-order valence-corrected chi connectivity index (χ3v) is 10.4. The zero-order valence-corrected chi connectivity index (χ0v) is 39.7. The Morgan fingerprint density at radius 1 is 0.344 bits per heavy atom. The number of carbonyl (C=O) groups is 3. The van der Waals surface area contributed by atoms with Gasteiger partial charge in [0.15, 0.2) is 6.10 Å². The maximum atomic E-state index is 12.8. The van der Waals surface area contributed by atoms with E-state index in [1.165, 1.54) is 96.3 Å². The zero-order chi connectivity index (χ0) is 44.4. The zero-order valence-electron chi connectivity index (χ0n) is 39.7. The Morgan fingerprint density at radius 2 is 0.656 bits per heavy atom. The van der Waals surface area contributed by atoms with Crippen molar-refractivity contribution in [2.24, 2.45) is 0 Å². The van der Waals surface area contributed by atoms with Gasteiger partial charge in [0, 0.05) is 19.3 Å². The fourth-order valence-corrected chi connectivity index (χ4v) is 6.62. The molecule has 0 N–H and O–H groups in total. The van der Waals surface area contributed by atoms with Crippen LogP contribution in [-0.4, -0.2) is 37.2 Å². The van der Waals surface area contributed by atoms with Gasteiger partial charge < -0.3 is 14.2 Å². The predicted molar refractivity (Wildman–Crippen MR) is 261 cm³/mol. The number of hydrogen-bond acceptors (Lipinski definition) is 6. The average Bonchev–Trinajstić information content (AvgIpc) is 3.26. The molecule has 0 bridgehead atoms. The Labute approximate surface area is 375 Å². The van der Waals surface area contributed by atoms with Crippen LogP contribution in [0.5, 0.6) is 0 Å². The highest BCUT2D eigenvalue weighted by Crippen LogP contribution is 2.13. The summed E-state index contributed by atoms with van der Waals surface area (Å²) in [7, 11) is 0. The first-order chi connectivity index (χ1) is 30.0. The van der Waals surface area contributed by atoms with E-state index in [2.05, 4.69) is 106 Å². The molecule has 0 aliphatic carbocycles. The van der Waals surface area contributed by atoms with E-state index in [0.29, 0.717) is 19.3 Å². The van der Waals surface area contributed by atoms with Gasteiger partial charge in [0.25, 0.3) is 0 Å². The summed E-state index contributed by atoms with van der Waals surface area (Å²) in [6, 6.07) is 0. The molecular weight excluding hydrogens is 757 g/mol. The van der Waals surface area contributed by atoms with Crippen molar-refractivity contribution in [2.75, 3.05) is 13.2 Å². The van der Waals surface area contributed by atoms with Gasteiger partial charge in [0.05, 0.1) is 0 Å². The van der Waals surface area contributed by atoms with Crippen LogP contribution in [0.3, 0.4) is 0 Å². The van der Waals surface area contributed by atoms with Gasteiger partial charge in [-0.15, -0.1) is 0 Å². The summed E-state index contributed by atoms with van der Waals surface area (Å²) in [6.07, 6.45) is 62.9. The van der Waals surface area contributed by atoms with Crippen LogP contribution in [-0.2, 0) is 28.6 Å². The lowest BCUT2D eigenvalue weighted by molar-refractivity contribution is -0.167. The Bertz CT molecular complexity index is 1200. The second-order valence-corrected chi connectivity index (χ2v) is 16.3. The fraction of sp³-hybridized carbons (Fsp3) is 0.691. The number of hydrogen-bond donors (Lipinski definition) is 0. The molecule has 0 unspecified atom stereocenters. The lowest BCUT2D eigenvalue weighted by Crippen LogP contribution is -2.30. The van der Waals surface area contributed by atoms with E-state index in [9.17, 15) is 14.4 Å². The third-order valence-electron chi connectivity index (χ3n) is 10.4. The summed E-state index contributed by atoms with van der Waals surface area (Å²) in [5, 5.41) is 0. The van der Waals surface area contributed by atoms with Crippen LogP contribution < -0.4 is 0 Å². The van der Waals surface area contributed by atoms with Crippen LogP contribution in [0.15, 0.2) is 85.1 Å². The van der Waals surface area contributed by atoms with Crippen LogP contribution in [0.25, 0.3) is 0 Å². The summed E-state index contributed by atoms with van der Waals surface area (Å²) >= 11 is 0. The van der Waals surface area contributed by atoms with Crippen LogP contribution in [0, 0.1) is 0 Å². The summed E-state index contributed by atoms with van der Waals surface area (Å²) < 4.78 is 16.7. The van der Waals surface area contributed by atoms with Crippen molar-refractivity contribution in [1.82, 2.24) is 0 Å². The van der Waals surface area contributed by atoms with Crippen molar-refractivity contribution < 1.29 is 28.6 Å². The van der Waals surface area contributed by atoms with Crippen molar-refractivity contribution in [3.63, 3.8) is 0 Å². The molecule has 61 heavy (non-hydrogen) atoms. The largest absolute Gasteiger partial charge is 0.462 e. The Balaban J connectivity index is 4.52. The molecule has 0 aromatic rings. The number of ether oxygens (including phenoxy) is 3. The first-order valence-corrected chi connectivity index (χ1v) is 25.1. The number of esters is 3. The van der Waals surface area contributed by atoms with Crippen molar-refractivity contribution in [3.05, 3.63) is 85.1 Å². The molecule has 0 radical (unpaired) electrons. The van der Waals surface area contributed by atoms with Gasteiger partial charge in [-0.2, -0.15) is 0 Å². The molecule has 0 heterocycles. The maximum Gasteiger partial charge on any atom is 0.306 e. The van der Waals surface area contributed by atoms with Gasteiger partial charge in [-0.1, -0.05) is 202 Å². The molecule has 0 saturated carbocycles. The SMILES string of the molecule is CC/C=C\C/C=C\C/C=C\C/C=C\CCCCC(=O)O[C@H](COC(=O)CCC/C=C\C/C=C\C/C=C\CCCCCCCC)COC(=O)CCCCCCCCCCCCC. The fourth-order valence-electron chi connectivity index (χ4n) is 6.62. The van der Waals surface area contributed by atoms with E-state index in [1.807, 2.05) is 0 Å². The molecular formula is C55H92O6. The molecule has 6 heteroatoms. The van der Waals surface area contributed by atoms with Crippen LogP contribution >= 0.6 is 0 Å². The van der Waals surface area contributed by atoms with Crippen molar-refractivity contribution in [1.29, 1.82) is 0 Å². The van der Waals surface area contributed by atoms with E-state index in [4.69, 9.17) is 14.2 Å². The monoisotopic (exact) mass is 849 g/mol. The van der Waals surface area contributed by atoms with Gasteiger partial charge in [0.2, 0.25) is 0 Å². The first-order valence-electron chi connectivity index (χ1n) is 25.1. The van der Waals surface area contributed by atoms with E-state index < -0.39 is 6.10 Å². The standard InChI is InChI=1S/C55H92O6/c1-4-7-10-13-16-19-22-24-26-27-29-30-33-36-39-42-45-48-54(57)60-51-52(50-59-53(56)47-44-41-38-35-32-21-18-15-12-9-6-3)61-55(58)49-46-43-40-37-34-31-28-25-23-20-17-14-11-8-5-2/h8,11,17,20,24-26,28-30,34,36-37,39,52H,4-7,9-10,12-16,18-19,21-23,27,31-33,35,38,40-51H2,1-3H3/b11-8-,20-17-,26-24-,28-25-,30-29-,37-34-,39-36-/t52-/m0/s1. The van der Waals surface area contributed by atoms with Gasteiger partial charge in [-0.3, -0.25) is 14.4 Å². The van der Waals surface area contributed by atoms with Gasteiger partial charge in [0.1, 0.15) is 13.2 Å². The molecule has 1 atom stereocenters. The first kappa shape index (κ1) is 57.6. The minimum atomic E-state index is -0.816. The van der Waals surface area contributed by atoms with Crippen LogP contribution in [0.1, 0.15) is 226 Å². The molecule has 0 amide bonds. The molecule has 6 nitrogen and oxygen atoms in total. The minimum absolute atomic E-state index is 0.108. The van der Waals surface area contributed by atoms with Gasteiger partial charge >= 0.3 is 17.9 Å². The van der Waals surface area contributed by atoms with E-state index in [1.54, 1.807) is 0 Å². The smallest absolute Gasteiger partial charge is 0.306 e. The summed E-state index contributed by atoms with van der Waals surface area (Å²) in [5.41, 5.74) is 0. The number of unbranched alkanes of at least 4 members (excludes halogenated alkanes) is 19.